The third-order valence-electron chi connectivity index (χ3n) is 14.5. The van der Waals surface area contributed by atoms with Crippen molar-refractivity contribution in [2.45, 2.75) is 0 Å². The zero-order chi connectivity index (χ0) is 45.2. The average molecular weight is 894 g/mol. The summed E-state index contributed by atoms with van der Waals surface area (Å²) in [4.78, 5) is 5.41. The minimum Gasteiger partial charge on any atom is -0.309 e. The third kappa shape index (κ3) is 5.83. The lowest BCUT2D eigenvalue weighted by molar-refractivity contribution is 1.18. The van der Waals surface area contributed by atoms with E-state index in [0.29, 0.717) is 0 Å². The molecule has 0 N–H and O–H groups in total. The largest absolute Gasteiger partial charge is 0.309 e. The van der Waals surface area contributed by atoms with Crippen molar-refractivity contribution < 1.29 is 0 Å². The minimum atomic E-state index is 1.00. The molecule has 0 fully saturated rings. The molecule has 3 nitrogen and oxygen atoms in total. The molecule has 0 saturated heterocycles. The Balaban J connectivity index is 0.826. The summed E-state index contributed by atoms with van der Waals surface area (Å²) in [7, 11) is 0. The number of hydrogen-bond donors (Lipinski definition) is 0. The lowest BCUT2D eigenvalue weighted by Crippen LogP contribution is -1.93. The lowest BCUT2D eigenvalue weighted by Gasteiger charge is -2.14. The number of para-hydroxylation sites is 2. The molecule has 320 valence electrons. The van der Waals surface area contributed by atoms with Crippen molar-refractivity contribution in [2.75, 3.05) is 0 Å². The fraction of sp³-hybridized carbons (Fsp3) is 0. The summed E-state index contributed by atoms with van der Waals surface area (Å²) in [6.45, 7) is 0. The van der Waals surface area contributed by atoms with E-state index >= 15 is 0 Å². The van der Waals surface area contributed by atoms with Gasteiger partial charge in [0, 0.05) is 31.9 Å². The zero-order valence-corrected chi connectivity index (χ0v) is 38.1. The summed E-state index contributed by atoms with van der Waals surface area (Å²) in [5, 5.41) is 12.5. The summed E-state index contributed by atoms with van der Waals surface area (Å²) in [6, 6.07) is 86.9. The molecule has 15 aromatic rings. The summed E-state index contributed by atoms with van der Waals surface area (Å²) < 4.78 is 7.28. The molecule has 11 aromatic carbocycles. The molecular formula is C65H39N3S. The average Bonchev–Trinajstić information content (AvgIpc) is 4.09. The van der Waals surface area contributed by atoms with E-state index in [-0.39, 0.29) is 0 Å². The van der Waals surface area contributed by atoms with Gasteiger partial charge in [0.2, 0.25) is 0 Å². The summed E-state index contributed by atoms with van der Waals surface area (Å²) in [5.41, 5.74) is 16.2. The molecule has 0 unspecified atom stereocenters. The van der Waals surface area contributed by atoms with E-state index in [1.807, 2.05) is 11.3 Å². The fourth-order valence-electron chi connectivity index (χ4n) is 11.2. The van der Waals surface area contributed by atoms with E-state index < -0.39 is 0 Å². The molecule has 15 rings (SSSR count). The van der Waals surface area contributed by atoms with E-state index in [2.05, 4.69) is 246 Å². The lowest BCUT2D eigenvalue weighted by atomic mass is 9.91. The summed E-state index contributed by atoms with van der Waals surface area (Å²) in [5.74, 6) is 0. The first-order valence-corrected chi connectivity index (χ1v) is 24.4. The van der Waals surface area contributed by atoms with Gasteiger partial charge in [0.05, 0.1) is 32.5 Å². The van der Waals surface area contributed by atoms with Crippen molar-refractivity contribution in [3.8, 4) is 50.3 Å². The Kier molecular flexibility index (Phi) is 8.23. The first-order chi connectivity index (χ1) is 34.2. The van der Waals surface area contributed by atoms with Gasteiger partial charge in [0.15, 0.2) is 5.65 Å². The van der Waals surface area contributed by atoms with Crippen molar-refractivity contribution >= 4 is 102 Å². The number of nitrogens with zero attached hydrogens (tertiary/aromatic N) is 3. The highest BCUT2D eigenvalue weighted by atomic mass is 32.1. The van der Waals surface area contributed by atoms with E-state index in [4.69, 9.17) is 4.98 Å². The minimum absolute atomic E-state index is 1.00. The SMILES string of the molecule is c1ccc(-n2c3ccccc3c3ccc(-c4ccc(-c5ccc(-c6ccc(-c7cc8c(sc9ccc%10ccccc%10c98)c8nc9cc%10ccccc%10cc9n78)cc6)c6ccccc56)cc4)cc32)cc1. The monoisotopic (exact) mass is 893 g/mol. The molecule has 0 aliphatic heterocycles. The van der Waals surface area contributed by atoms with Crippen LogP contribution in [0.3, 0.4) is 0 Å². The molecule has 69 heavy (non-hydrogen) atoms. The molecule has 0 aliphatic carbocycles. The summed E-state index contributed by atoms with van der Waals surface area (Å²) in [6.07, 6.45) is 0. The summed E-state index contributed by atoms with van der Waals surface area (Å²) >= 11 is 1.85. The number of pyridine rings is 1. The van der Waals surface area contributed by atoms with E-state index in [9.17, 15) is 0 Å². The highest BCUT2D eigenvalue weighted by molar-refractivity contribution is 7.26. The Morgan fingerprint density at radius 2 is 0.928 bits per heavy atom. The Hall–Kier alpha value is -8.83. The first kappa shape index (κ1) is 38.3. The van der Waals surface area contributed by atoms with Crippen molar-refractivity contribution in [1.29, 1.82) is 0 Å². The van der Waals surface area contributed by atoms with Crippen LogP contribution in [0.5, 0.6) is 0 Å². The number of imidazole rings is 1. The van der Waals surface area contributed by atoms with Crippen molar-refractivity contribution in [1.82, 2.24) is 14.0 Å². The number of hydrogen-bond acceptors (Lipinski definition) is 2. The van der Waals surface area contributed by atoms with Gasteiger partial charge in [0.1, 0.15) is 0 Å². The Morgan fingerprint density at radius 3 is 1.67 bits per heavy atom. The number of benzene rings is 11. The molecule has 0 aliphatic rings. The van der Waals surface area contributed by atoms with Crippen LogP contribution < -0.4 is 0 Å². The maximum atomic E-state index is 5.41. The van der Waals surface area contributed by atoms with Crippen LogP contribution in [0.4, 0.5) is 0 Å². The molecule has 0 bridgehead atoms. The fourth-order valence-corrected chi connectivity index (χ4v) is 12.4. The van der Waals surface area contributed by atoms with Crippen molar-refractivity contribution in [2.24, 2.45) is 0 Å². The van der Waals surface area contributed by atoms with Crippen molar-refractivity contribution in [3.05, 3.63) is 237 Å². The topological polar surface area (TPSA) is 22.2 Å². The second kappa shape index (κ2) is 14.8. The molecule has 4 aromatic heterocycles. The second-order valence-corrected chi connectivity index (χ2v) is 19.3. The standard InChI is InChI=1S/C65H39N3S/c1-2-15-48(16-3-1)67-58-21-11-10-20-54(58)55-32-30-47(37-60(55)67)40-22-24-42(25-23-40)49-33-34-50(53-19-9-8-18-52(49)53)43-26-28-44(29-27-43)59-39-56-63-51-17-7-6-12-41(51)31-35-62(63)69-64(56)65-66-57-36-45-13-4-5-14-46(45)38-61(57)68(59)65/h1-39H. The molecule has 0 spiro atoms. The highest BCUT2D eigenvalue weighted by Gasteiger charge is 2.20. The maximum absolute atomic E-state index is 5.41. The van der Waals surface area contributed by atoms with Gasteiger partial charge in [-0.1, -0.05) is 188 Å². The molecule has 4 heterocycles. The Bertz CT molecular complexity index is 4570. The van der Waals surface area contributed by atoms with Crippen LogP contribution in [-0.2, 0) is 0 Å². The van der Waals surface area contributed by atoms with E-state index in [0.717, 1.165) is 27.9 Å². The van der Waals surface area contributed by atoms with Gasteiger partial charge in [-0.25, -0.2) is 4.98 Å². The van der Waals surface area contributed by atoms with Crippen LogP contribution in [-0.4, -0.2) is 14.0 Å². The molecule has 0 radical (unpaired) electrons. The number of rotatable bonds is 5. The smallest absolute Gasteiger partial charge is 0.156 e. The van der Waals surface area contributed by atoms with Gasteiger partial charge in [-0.3, -0.25) is 4.40 Å². The first-order valence-electron chi connectivity index (χ1n) is 23.6. The molecule has 0 atom stereocenters. The number of aromatic nitrogens is 3. The van der Waals surface area contributed by atoms with E-state index in [1.165, 1.54) is 113 Å². The van der Waals surface area contributed by atoms with Gasteiger partial charge in [0.25, 0.3) is 0 Å². The zero-order valence-electron chi connectivity index (χ0n) is 37.3. The Morgan fingerprint density at radius 1 is 0.348 bits per heavy atom. The van der Waals surface area contributed by atoms with Crippen LogP contribution in [0.15, 0.2) is 237 Å². The normalized spacial score (nSPS) is 12.1. The molecular weight excluding hydrogens is 855 g/mol. The number of fused-ring (bicyclic) bond motifs is 14. The third-order valence-corrected chi connectivity index (χ3v) is 15.7. The van der Waals surface area contributed by atoms with Gasteiger partial charge in [-0.2, -0.15) is 0 Å². The van der Waals surface area contributed by atoms with Crippen LogP contribution in [0.25, 0.3) is 141 Å². The van der Waals surface area contributed by atoms with Gasteiger partial charge in [-0.05, 0) is 120 Å². The molecule has 0 saturated carbocycles. The second-order valence-electron chi connectivity index (χ2n) is 18.3. The number of thiophene rings is 1. The quantitative estimate of drug-likeness (QED) is 0.169. The van der Waals surface area contributed by atoms with Crippen molar-refractivity contribution in [3.63, 3.8) is 0 Å². The van der Waals surface area contributed by atoms with Gasteiger partial charge >= 0.3 is 0 Å². The van der Waals surface area contributed by atoms with Gasteiger partial charge < -0.3 is 4.57 Å². The van der Waals surface area contributed by atoms with Crippen LogP contribution in [0, 0.1) is 0 Å². The van der Waals surface area contributed by atoms with Crippen LogP contribution in [0.1, 0.15) is 0 Å². The Labute approximate surface area is 401 Å². The van der Waals surface area contributed by atoms with E-state index in [1.54, 1.807) is 0 Å². The predicted molar refractivity (Wildman–Crippen MR) is 294 cm³/mol. The molecule has 0 amide bonds. The predicted octanol–water partition coefficient (Wildman–Crippen LogP) is 18.1. The van der Waals surface area contributed by atoms with Crippen LogP contribution in [0.2, 0.25) is 0 Å². The maximum Gasteiger partial charge on any atom is 0.156 e. The molecule has 4 heteroatoms. The van der Waals surface area contributed by atoms with Crippen LogP contribution >= 0.6 is 11.3 Å². The highest BCUT2D eigenvalue weighted by Crippen LogP contribution is 2.45. The van der Waals surface area contributed by atoms with Gasteiger partial charge in [-0.15, -0.1) is 11.3 Å².